The number of aliphatic hydroxyl groups is 1. The van der Waals surface area contributed by atoms with Gasteiger partial charge in [0.2, 0.25) is 0 Å². The Balaban J connectivity index is 2.24. The Hall–Kier alpha value is -2.29. The molecule has 0 radical (unpaired) electrons. The average molecular weight is 445 g/mol. The molecule has 0 saturated heterocycles. The van der Waals surface area contributed by atoms with Gasteiger partial charge in [0, 0.05) is 18.1 Å². The van der Waals surface area contributed by atoms with E-state index in [-0.39, 0.29) is 17.8 Å². The van der Waals surface area contributed by atoms with Crippen LogP contribution in [0.1, 0.15) is 36.1 Å². The maximum atomic E-state index is 13.6. The number of rotatable bonds is 9. The molecule has 30 heavy (non-hydrogen) atoms. The number of alkyl halides is 3. The highest BCUT2D eigenvalue weighted by atomic mass is 35.5. The molecule has 0 amide bonds. The van der Waals surface area contributed by atoms with E-state index in [1.165, 1.54) is 12.1 Å². The van der Waals surface area contributed by atoms with E-state index < -0.39 is 30.2 Å². The van der Waals surface area contributed by atoms with Crippen LogP contribution in [0.3, 0.4) is 0 Å². The summed E-state index contributed by atoms with van der Waals surface area (Å²) in [5.74, 6) is -0.749. The number of nitrogens with one attached hydrogen (secondary N) is 1. The molecule has 0 unspecified atom stereocenters. The SMILES string of the molecule is CCCN(NC[C@H](O)c1cccc(Cl)c1)c1ccc(CC(=O)OC)c(C(F)(F)F)c1. The molecule has 2 rings (SSSR count). The van der Waals surface area contributed by atoms with Crippen LogP contribution in [-0.2, 0) is 22.1 Å². The number of ether oxygens (including phenoxy) is 1. The molecule has 1 atom stereocenters. The van der Waals surface area contributed by atoms with Crippen molar-refractivity contribution in [1.29, 1.82) is 0 Å². The summed E-state index contributed by atoms with van der Waals surface area (Å²) in [7, 11) is 1.13. The summed E-state index contributed by atoms with van der Waals surface area (Å²) in [6.45, 7) is 2.37. The van der Waals surface area contributed by atoms with Crippen molar-refractivity contribution >= 4 is 23.3 Å². The molecule has 5 nitrogen and oxygen atoms in total. The van der Waals surface area contributed by atoms with Gasteiger partial charge in [-0.25, -0.2) is 5.43 Å². The summed E-state index contributed by atoms with van der Waals surface area (Å²) in [6, 6.07) is 10.5. The number of nitrogens with zero attached hydrogens (tertiary/aromatic N) is 1. The van der Waals surface area contributed by atoms with Gasteiger partial charge in [-0.3, -0.25) is 4.79 Å². The number of carbonyl (C=O) groups excluding carboxylic acids is 1. The average Bonchev–Trinajstić information content (AvgIpc) is 2.70. The van der Waals surface area contributed by atoms with Crippen molar-refractivity contribution < 1.29 is 27.8 Å². The van der Waals surface area contributed by atoms with Crippen LogP contribution in [0, 0.1) is 0 Å². The van der Waals surface area contributed by atoms with Crippen LogP contribution in [0.5, 0.6) is 0 Å². The number of hydrogen-bond acceptors (Lipinski definition) is 5. The number of aliphatic hydroxyl groups excluding tert-OH is 1. The molecule has 0 aromatic heterocycles. The fraction of sp³-hybridized carbons (Fsp3) is 0.381. The highest BCUT2D eigenvalue weighted by Gasteiger charge is 2.34. The first-order chi connectivity index (χ1) is 14.2. The maximum Gasteiger partial charge on any atom is 0.416 e. The van der Waals surface area contributed by atoms with Crippen molar-refractivity contribution in [3.05, 3.63) is 64.2 Å². The monoisotopic (exact) mass is 444 g/mol. The summed E-state index contributed by atoms with van der Waals surface area (Å²) in [6.07, 6.45) is -5.34. The normalized spacial score (nSPS) is 12.5. The first-order valence-electron chi connectivity index (χ1n) is 9.37. The maximum absolute atomic E-state index is 13.6. The van der Waals surface area contributed by atoms with Gasteiger partial charge in [0.05, 0.1) is 30.9 Å². The predicted molar refractivity (Wildman–Crippen MR) is 109 cm³/mol. The molecule has 0 heterocycles. The number of methoxy groups -OCH3 is 1. The van der Waals surface area contributed by atoms with Crippen molar-refractivity contribution in [3.63, 3.8) is 0 Å². The van der Waals surface area contributed by atoms with Crippen molar-refractivity contribution in [2.24, 2.45) is 0 Å². The van der Waals surface area contributed by atoms with Gasteiger partial charge in [-0.15, -0.1) is 0 Å². The topological polar surface area (TPSA) is 61.8 Å². The highest BCUT2D eigenvalue weighted by molar-refractivity contribution is 6.30. The fourth-order valence-electron chi connectivity index (χ4n) is 2.93. The lowest BCUT2D eigenvalue weighted by molar-refractivity contribution is -0.141. The Labute approximate surface area is 178 Å². The second-order valence-corrected chi connectivity index (χ2v) is 7.11. The molecule has 9 heteroatoms. The molecule has 2 aromatic carbocycles. The van der Waals surface area contributed by atoms with Crippen LogP contribution in [-0.4, -0.2) is 31.3 Å². The minimum absolute atomic E-state index is 0.0750. The largest absolute Gasteiger partial charge is 0.469 e. The van der Waals surface area contributed by atoms with E-state index in [9.17, 15) is 23.1 Å². The summed E-state index contributed by atoms with van der Waals surface area (Å²) in [5.41, 5.74) is 2.80. The van der Waals surface area contributed by atoms with Gasteiger partial charge in [0.25, 0.3) is 0 Å². The lowest BCUT2D eigenvalue weighted by Gasteiger charge is -2.28. The quantitative estimate of drug-likeness (QED) is 0.439. The smallest absolute Gasteiger partial charge is 0.416 e. The van der Waals surface area contributed by atoms with Crippen molar-refractivity contribution in [2.75, 3.05) is 25.2 Å². The van der Waals surface area contributed by atoms with Crippen LogP contribution >= 0.6 is 11.6 Å². The Bertz CT molecular complexity index is 862. The Morgan fingerprint density at radius 2 is 2.00 bits per heavy atom. The standard InChI is InChI=1S/C21H24ClF3N2O3/c1-3-9-27(26-13-19(28)15-5-4-6-16(22)10-15)17-8-7-14(11-20(29)30-2)18(12-17)21(23,24)25/h4-8,10,12,19,26,28H,3,9,11,13H2,1-2H3/t19-/m0/s1. The van der Waals surface area contributed by atoms with Crippen LogP contribution in [0.4, 0.5) is 18.9 Å². The van der Waals surface area contributed by atoms with Gasteiger partial charge in [-0.2, -0.15) is 13.2 Å². The number of halogens is 4. The Morgan fingerprint density at radius 1 is 1.27 bits per heavy atom. The van der Waals surface area contributed by atoms with E-state index in [2.05, 4.69) is 10.2 Å². The van der Waals surface area contributed by atoms with Gasteiger partial charge >= 0.3 is 12.1 Å². The van der Waals surface area contributed by atoms with E-state index in [0.29, 0.717) is 23.6 Å². The first-order valence-corrected chi connectivity index (χ1v) is 9.75. The van der Waals surface area contributed by atoms with Crippen molar-refractivity contribution in [1.82, 2.24) is 5.43 Å². The molecule has 0 bridgehead atoms. The number of hydrogen-bond donors (Lipinski definition) is 2. The molecule has 0 aliphatic rings. The van der Waals surface area contributed by atoms with Crippen LogP contribution in [0.2, 0.25) is 5.02 Å². The van der Waals surface area contributed by atoms with E-state index in [1.807, 2.05) is 6.92 Å². The van der Waals surface area contributed by atoms with Gasteiger partial charge in [0.1, 0.15) is 0 Å². The molecule has 0 aliphatic carbocycles. The molecule has 0 fully saturated rings. The lowest BCUT2D eigenvalue weighted by Crippen LogP contribution is -2.41. The minimum atomic E-state index is -4.63. The zero-order chi connectivity index (χ0) is 22.3. The summed E-state index contributed by atoms with van der Waals surface area (Å²) in [4.78, 5) is 11.5. The number of carbonyl (C=O) groups is 1. The van der Waals surface area contributed by atoms with Crippen molar-refractivity contribution in [3.8, 4) is 0 Å². The number of benzene rings is 2. The van der Waals surface area contributed by atoms with Crippen LogP contribution < -0.4 is 10.4 Å². The zero-order valence-corrected chi connectivity index (χ0v) is 17.4. The summed E-state index contributed by atoms with van der Waals surface area (Å²) < 4.78 is 45.2. The Morgan fingerprint density at radius 3 is 2.60 bits per heavy atom. The molecular weight excluding hydrogens is 421 g/mol. The molecule has 0 aliphatic heterocycles. The van der Waals surface area contributed by atoms with Crippen LogP contribution in [0.15, 0.2) is 42.5 Å². The van der Waals surface area contributed by atoms with Crippen molar-refractivity contribution in [2.45, 2.75) is 32.0 Å². The van der Waals surface area contributed by atoms with E-state index in [1.54, 1.807) is 29.3 Å². The van der Waals surface area contributed by atoms with Gasteiger partial charge in [0.15, 0.2) is 0 Å². The minimum Gasteiger partial charge on any atom is -0.469 e. The molecule has 2 N–H and O–H groups in total. The third-order valence-corrected chi connectivity index (χ3v) is 4.66. The second-order valence-electron chi connectivity index (χ2n) is 6.68. The van der Waals surface area contributed by atoms with Gasteiger partial charge < -0.3 is 14.9 Å². The lowest BCUT2D eigenvalue weighted by atomic mass is 10.0. The van der Waals surface area contributed by atoms with E-state index in [0.717, 1.165) is 13.2 Å². The van der Waals surface area contributed by atoms with Gasteiger partial charge in [-0.1, -0.05) is 36.7 Å². The fourth-order valence-corrected chi connectivity index (χ4v) is 3.13. The molecule has 0 saturated carbocycles. The second kappa shape index (κ2) is 10.7. The van der Waals surface area contributed by atoms with Gasteiger partial charge in [-0.05, 0) is 41.8 Å². The Kier molecular flexibility index (Phi) is 8.52. The molecule has 164 valence electrons. The zero-order valence-electron chi connectivity index (χ0n) is 16.7. The number of esters is 1. The first kappa shape index (κ1) is 24.0. The summed E-state index contributed by atoms with van der Waals surface area (Å²) >= 11 is 5.94. The van der Waals surface area contributed by atoms with E-state index >= 15 is 0 Å². The van der Waals surface area contributed by atoms with Crippen LogP contribution in [0.25, 0.3) is 0 Å². The molecular formula is C21H24ClF3N2O3. The summed E-state index contributed by atoms with van der Waals surface area (Å²) in [5, 5.41) is 12.4. The highest BCUT2D eigenvalue weighted by Crippen LogP contribution is 2.35. The molecule has 0 spiro atoms. The number of hydrazine groups is 1. The molecule has 2 aromatic rings. The van der Waals surface area contributed by atoms with E-state index in [4.69, 9.17) is 11.6 Å². The number of anilines is 1. The third kappa shape index (κ3) is 6.62. The predicted octanol–water partition coefficient (Wildman–Crippen LogP) is 4.53. The third-order valence-electron chi connectivity index (χ3n) is 4.43.